The zero-order valence-corrected chi connectivity index (χ0v) is 14.5. The van der Waals surface area contributed by atoms with Crippen molar-refractivity contribution in [1.82, 2.24) is 10.6 Å². The summed E-state index contributed by atoms with van der Waals surface area (Å²) in [5.74, 6) is 0.528. The first-order valence-corrected chi connectivity index (χ1v) is 8.66. The maximum absolute atomic E-state index is 12.1. The fourth-order valence-electron chi connectivity index (χ4n) is 2.42. The Bertz CT molecular complexity index is 538. The average molecular weight is 337 g/mol. The van der Waals surface area contributed by atoms with Crippen molar-refractivity contribution in [2.24, 2.45) is 11.8 Å². The van der Waals surface area contributed by atoms with E-state index in [1.165, 1.54) is 0 Å². The third-order valence-corrected chi connectivity index (χ3v) is 4.26. The van der Waals surface area contributed by atoms with Crippen LogP contribution >= 0.6 is 11.6 Å². The number of halogens is 1. The summed E-state index contributed by atoms with van der Waals surface area (Å²) in [6.07, 6.45) is 3.76. The van der Waals surface area contributed by atoms with E-state index in [2.05, 4.69) is 24.5 Å². The van der Waals surface area contributed by atoms with Gasteiger partial charge in [0.2, 0.25) is 11.8 Å². The van der Waals surface area contributed by atoms with Gasteiger partial charge in [-0.3, -0.25) is 9.59 Å². The van der Waals surface area contributed by atoms with Gasteiger partial charge in [0, 0.05) is 10.9 Å². The van der Waals surface area contributed by atoms with Crippen LogP contribution in [0.1, 0.15) is 51.1 Å². The maximum atomic E-state index is 12.1. The van der Waals surface area contributed by atoms with Gasteiger partial charge in [0.05, 0.1) is 12.6 Å². The van der Waals surface area contributed by atoms with Crippen LogP contribution < -0.4 is 10.6 Å². The van der Waals surface area contributed by atoms with Crippen molar-refractivity contribution in [2.75, 3.05) is 6.54 Å². The number of amides is 2. The summed E-state index contributed by atoms with van der Waals surface area (Å²) in [4.78, 5) is 23.7. The second kappa shape index (κ2) is 8.34. The fourth-order valence-corrected chi connectivity index (χ4v) is 2.55. The van der Waals surface area contributed by atoms with E-state index in [1.807, 2.05) is 24.3 Å². The molecule has 2 N–H and O–H groups in total. The lowest BCUT2D eigenvalue weighted by molar-refractivity contribution is -0.127. The molecule has 0 heterocycles. The number of benzene rings is 1. The molecule has 1 aromatic carbocycles. The van der Waals surface area contributed by atoms with E-state index in [1.54, 1.807) is 0 Å². The summed E-state index contributed by atoms with van der Waals surface area (Å²) < 4.78 is 0. The van der Waals surface area contributed by atoms with Crippen molar-refractivity contribution in [3.63, 3.8) is 0 Å². The van der Waals surface area contributed by atoms with Crippen LogP contribution in [0.5, 0.6) is 0 Å². The van der Waals surface area contributed by atoms with Gasteiger partial charge in [0.15, 0.2) is 0 Å². The van der Waals surface area contributed by atoms with Gasteiger partial charge in [0.25, 0.3) is 0 Å². The third kappa shape index (κ3) is 6.22. The van der Waals surface area contributed by atoms with Crippen LogP contribution in [0.3, 0.4) is 0 Å². The molecular weight excluding hydrogens is 312 g/mol. The van der Waals surface area contributed by atoms with Crippen molar-refractivity contribution in [3.05, 3.63) is 34.9 Å². The maximum Gasteiger partial charge on any atom is 0.239 e. The smallest absolute Gasteiger partial charge is 0.239 e. The minimum Gasteiger partial charge on any atom is -0.348 e. The normalized spacial score (nSPS) is 15.3. The Labute approximate surface area is 143 Å². The van der Waals surface area contributed by atoms with Crippen LogP contribution in [0, 0.1) is 11.8 Å². The second-order valence-corrected chi connectivity index (χ2v) is 7.07. The number of carbonyl (C=O) groups excluding carboxylic acids is 2. The summed E-state index contributed by atoms with van der Waals surface area (Å²) in [7, 11) is 0. The Morgan fingerprint density at radius 1 is 1.17 bits per heavy atom. The lowest BCUT2D eigenvalue weighted by Crippen LogP contribution is -2.39. The zero-order valence-electron chi connectivity index (χ0n) is 13.8. The van der Waals surface area contributed by atoms with Crippen LogP contribution in [-0.4, -0.2) is 18.4 Å². The van der Waals surface area contributed by atoms with Crippen molar-refractivity contribution >= 4 is 23.4 Å². The molecule has 1 aliphatic carbocycles. The Morgan fingerprint density at radius 2 is 1.83 bits per heavy atom. The standard InChI is InChI=1S/C18H25ClN2O2/c1-12(2)3-10-16(13-6-8-15(19)9-7-13)21-17(22)11-20-18(23)14-4-5-14/h6-9,12,14,16H,3-5,10-11H2,1-2H3,(H,20,23)(H,21,22)/t16-/m0/s1. The molecule has 1 aromatic rings. The zero-order chi connectivity index (χ0) is 16.8. The first-order valence-electron chi connectivity index (χ1n) is 8.28. The highest BCUT2D eigenvalue weighted by atomic mass is 35.5. The van der Waals surface area contributed by atoms with Crippen LogP contribution in [0.25, 0.3) is 0 Å². The molecule has 4 nitrogen and oxygen atoms in total. The SMILES string of the molecule is CC(C)CC[C@H](NC(=O)CNC(=O)C1CC1)c1ccc(Cl)cc1. The van der Waals surface area contributed by atoms with Gasteiger partial charge in [-0.25, -0.2) is 0 Å². The van der Waals surface area contributed by atoms with E-state index in [0.29, 0.717) is 10.9 Å². The Kier molecular flexibility index (Phi) is 6.46. The van der Waals surface area contributed by atoms with E-state index in [0.717, 1.165) is 31.2 Å². The van der Waals surface area contributed by atoms with Crippen molar-refractivity contribution in [2.45, 2.75) is 45.6 Å². The molecule has 0 spiro atoms. The quantitative estimate of drug-likeness (QED) is 0.763. The molecule has 0 aliphatic heterocycles. The van der Waals surface area contributed by atoms with Gasteiger partial charge < -0.3 is 10.6 Å². The summed E-state index contributed by atoms with van der Waals surface area (Å²) in [6, 6.07) is 7.49. The highest BCUT2D eigenvalue weighted by Crippen LogP contribution is 2.28. The molecular formula is C18H25ClN2O2. The largest absolute Gasteiger partial charge is 0.348 e. The summed E-state index contributed by atoms with van der Waals surface area (Å²) in [5.41, 5.74) is 1.04. The number of hydrogen-bond donors (Lipinski definition) is 2. The van der Waals surface area contributed by atoms with Crippen LogP contribution in [-0.2, 0) is 9.59 Å². The van der Waals surface area contributed by atoms with Crippen LogP contribution in [0.15, 0.2) is 24.3 Å². The van der Waals surface area contributed by atoms with E-state index in [-0.39, 0.29) is 30.3 Å². The summed E-state index contributed by atoms with van der Waals surface area (Å²) in [5, 5.41) is 6.41. The van der Waals surface area contributed by atoms with Gasteiger partial charge in [0.1, 0.15) is 0 Å². The molecule has 126 valence electrons. The molecule has 1 aliphatic rings. The lowest BCUT2D eigenvalue weighted by Gasteiger charge is -2.20. The molecule has 5 heteroatoms. The minimum atomic E-state index is -0.150. The first-order chi connectivity index (χ1) is 11.0. The summed E-state index contributed by atoms with van der Waals surface area (Å²) in [6.45, 7) is 4.37. The number of carbonyl (C=O) groups is 2. The monoisotopic (exact) mass is 336 g/mol. The molecule has 1 fully saturated rings. The molecule has 0 bridgehead atoms. The van der Waals surface area contributed by atoms with E-state index < -0.39 is 0 Å². The van der Waals surface area contributed by atoms with Gasteiger partial charge in [-0.15, -0.1) is 0 Å². The van der Waals surface area contributed by atoms with Gasteiger partial charge in [-0.05, 0) is 49.3 Å². The molecule has 0 saturated heterocycles. The average Bonchev–Trinajstić information content (AvgIpc) is 3.34. The lowest BCUT2D eigenvalue weighted by atomic mass is 9.97. The Hall–Kier alpha value is -1.55. The minimum absolute atomic E-state index is 0.00891. The van der Waals surface area contributed by atoms with Gasteiger partial charge in [-0.1, -0.05) is 37.6 Å². The molecule has 2 rings (SSSR count). The van der Waals surface area contributed by atoms with Crippen molar-refractivity contribution in [1.29, 1.82) is 0 Å². The summed E-state index contributed by atoms with van der Waals surface area (Å²) >= 11 is 5.93. The number of rotatable bonds is 8. The van der Waals surface area contributed by atoms with E-state index in [9.17, 15) is 9.59 Å². The van der Waals surface area contributed by atoms with E-state index >= 15 is 0 Å². The van der Waals surface area contributed by atoms with Crippen molar-refractivity contribution < 1.29 is 9.59 Å². The molecule has 0 unspecified atom stereocenters. The molecule has 0 radical (unpaired) electrons. The molecule has 23 heavy (non-hydrogen) atoms. The van der Waals surface area contributed by atoms with Gasteiger partial charge in [-0.2, -0.15) is 0 Å². The second-order valence-electron chi connectivity index (χ2n) is 6.63. The first kappa shape index (κ1) is 17.8. The number of nitrogens with one attached hydrogen (secondary N) is 2. The number of hydrogen-bond acceptors (Lipinski definition) is 2. The fraction of sp³-hybridized carbons (Fsp3) is 0.556. The van der Waals surface area contributed by atoms with Crippen LogP contribution in [0.2, 0.25) is 5.02 Å². The molecule has 1 saturated carbocycles. The predicted octanol–water partition coefficient (Wildman–Crippen LogP) is 3.46. The Balaban J connectivity index is 1.91. The highest BCUT2D eigenvalue weighted by molar-refractivity contribution is 6.30. The van der Waals surface area contributed by atoms with E-state index in [4.69, 9.17) is 11.6 Å². The Morgan fingerprint density at radius 3 is 2.39 bits per heavy atom. The van der Waals surface area contributed by atoms with Crippen molar-refractivity contribution in [3.8, 4) is 0 Å². The van der Waals surface area contributed by atoms with Crippen LogP contribution in [0.4, 0.5) is 0 Å². The van der Waals surface area contributed by atoms with Gasteiger partial charge >= 0.3 is 0 Å². The molecule has 2 amide bonds. The highest BCUT2D eigenvalue weighted by Gasteiger charge is 2.29. The molecule has 1 atom stereocenters. The predicted molar refractivity (Wildman–Crippen MR) is 92.1 cm³/mol. The molecule has 0 aromatic heterocycles. The third-order valence-electron chi connectivity index (χ3n) is 4.01. The topological polar surface area (TPSA) is 58.2 Å².